The fraction of sp³-hybridized carbons (Fsp3) is 0.471. The van der Waals surface area contributed by atoms with Gasteiger partial charge < -0.3 is 15.0 Å². The van der Waals surface area contributed by atoms with Gasteiger partial charge in [0.1, 0.15) is 5.75 Å². The zero-order chi connectivity index (χ0) is 14.7. The number of fused-ring (bicyclic) bond motifs is 3. The van der Waals surface area contributed by atoms with E-state index in [0.29, 0.717) is 12.0 Å². The van der Waals surface area contributed by atoms with Gasteiger partial charge in [0, 0.05) is 18.7 Å². The number of amides is 1. The molecule has 1 atom stereocenters. The van der Waals surface area contributed by atoms with Crippen molar-refractivity contribution in [2.45, 2.75) is 18.9 Å². The Kier molecular flexibility index (Phi) is 4.25. The van der Waals surface area contributed by atoms with Crippen LogP contribution in [0.4, 0.5) is 0 Å². The van der Waals surface area contributed by atoms with Gasteiger partial charge in [-0.1, -0.05) is 12.1 Å². The molecule has 3 fully saturated rings. The number of carbonyl (C=O) groups excluding carboxylic acids is 1. The summed E-state index contributed by atoms with van der Waals surface area (Å²) in [5, 5.41) is 3.15. The molecule has 3 aliphatic rings. The number of piperidine rings is 3. The summed E-state index contributed by atoms with van der Waals surface area (Å²) < 4.78 is 5.12. The Hall–Kier alpha value is -1.81. The Labute approximate surface area is 125 Å². The highest BCUT2D eigenvalue weighted by atomic mass is 16.5. The van der Waals surface area contributed by atoms with Crippen LogP contribution < -0.4 is 10.1 Å². The third-order valence-corrected chi connectivity index (χ3v) is 4.53. The summed E-state index contributed by atoms with van der Waals surface area (Å²) in [5.74, 6) is 1.49. The second-order valence-corrected chi connectivity index (χ2v) is 5.86. The molecule has 1 aromatic rings. The maximum absolute atomic E-state index is 12.0. The third kappa shape index (κ3) is 3.45. The average Bonchev–Trinajstić information content (AvgIpc) is 2.54. The molecule has 4 heteroatoms. The molecule has 3 saturated heterocycles. The number of benzene rings is 1. The van der Waals surface area contributed by atoms with Crippen LogP contribution in [0, 0.1) is 5.92 Å². The molecule has 4 rings (SSSR count). The molecular formula is C17H22N2O2. The van der Waals surface area contributed by atoms with E-state index in [1.165, 1.54) is 25.9 Å². The quantitative estimate of drug-likeness (QED) is 0.860. The molecule has 112 valence electrons. The molecule has 1 aromatic carbocycles. The number of nitrogens with one attached hydrogen (secondary N) is 1. The predicted molar refractivity (Wildman–Crippen MR) is 83.1 cm³/mol. The number of methoxy groups -OCH3 is 1. The van der Waals surface area contributed by atoms with E-state index in [1.54, 1.807) is 13.2 Å². The minimum atomic E-state index is 0.00423. The highest BCUT2D eigenvalue weighted by Crippen LogP contribution is 2.27. The minimum Gasteiger partial charge on any atom is -0.497 e. The van der Waals surface area contributed by atoms with Gasteiger partial charge in [-0.05, 0) is 55.6 Å². The molecular weight excluding hydrogens is 264 g/mol. The highest BCUT2D eigenvalue weighted by molar-refractivity contribution is 5.92. The first-order chi connectivity index (χ1) is 10.2. The monoisotopic (exact) mass is 286 g/mol. The van der Waals surface area contributed by atoms with Crippen molar-refractivity contribution in [1.82, 2.24) is 10.2 Å². The Balaban J connectivity index is 1.54. The molecule has 3 heterocycles. The number of ether oxygens (including phenoxy) is 1. The van der Waals surface area contributed by atoms with E-state index >= 15 is 0 Å². The fourth-order valence-corrected chi connectivity index (χ4v) is 3.25. The van der Waals surface area contributed by atoms with Crippen LogP contribution in [0.1, 0.15) is 18.4 Å². The molecule has 0 saturated carbocycles. The van der Waals surface area contributed by atoms with Gasteiger partial charge in [0.25, 0.3) is 0 Å². The van der Waals surface area contributed by atoms with Crippen LogP contribution in [-0.2, 0) is 4.79 Å². The molecule has 4 nitrogen and oxygen atoms in total. The molecule has 0 radical (unpaired) electrons. The van der Waals surface area contributed by atoms with Gasteiger partial charge in [-0.2, -0.15) is 0 Å². The molecule has 1 N–H and O–H groups in total. The Morgan fingerprint density at radius 2 is 2.00 bits per heavy atom. The Morgan fingerprint density at radius 1 is 1.29 bits per heavy atom. The van der Waals surface area contributed by atoms with Crippen LogP contribution in [0.25, 0.3) is 6.08 Å². The van der Waals surface area contributed by atoms with Gasteiger partial charge in [-0.25, -0.2) is 0 Å². The van der Waals surface area contributed by atoms with Crippen molar-refractivity contribution < 1.29 is 9.53 Å². The number of rotatable bonds is 4. The first-order valence-electron chi connectivity index (χ1n) is 7.59. The van der Waals surface area contributed by atoms with E-state index in [0.717, 1.165) is 17.9 Å². The molecule has 0 aromatic heterocycles. The molecule has 2 bridgehead atoms. The lowest BCUT2D eigenvalue weighted by molar-refractivity contribution is -0.118. The van der Waals surface area contributed by atoms with E-state index in [1.807, 2.05) is 30.3 Å². The zero-order valence-corrected chi connectivity index (χ0v) is 12.4. The van der Waals surface area contributed by atoms with Crippen LogP contribution in [-0.4, -0.2) is 43.6 Å². The molecule has 1 unspecified atom stereocenters. The first-order valence-corrected chi connectivity index (χ1v) is 7.59. The number of hydrogen-bond donors (Lipinski definition) is 1. The van der Waals surface area contributed by atoms with E-state index < -0.39 is 0 Å². The van der Waals surface area contributed by atoms with E-state index in [-0.39, 0.29) is 5.91 Å². The molecule has 3 aliphatic heterocycles. The van der Waals surface area contributed by atoms with Gasteiger partial charge in [-0.15, -0.1) is 0 Å². The maximum Gasteiger partial charge on any atom is 0.244 e. The highest BCUT2D eigenvalue weighted by Gasteiger charge is 2.34. The topological polar surface area (TPSA) is 41.6 Å². The smallest absolute Gasteiger partial charge is 0.244 e. The predicted octanol–water partition coefficient (Wildman–Crippen LogP) is 1.92. The summed E-state index contributed by atoms with van der Waals surface area (Å²) in [6.45, 7) is 3.39. The summed E-state index contributed by atoms with van der Waals surface area (Å²) in [7, 11) is 1.65. The second-order valence-electron chi connectivity index (χ2n) is 5.86. The SMILES string of the molecule is COc1ccc(/C=C/C(=O)NC2CN3CCC2CC3)cc1. The standard InChI is InChI=1S/C17H22N2O2/c1-21-15-5-2-13(3-6-15)4-7-17(20)18-16-12-19-10-8-14(16)9-11-19/h2-7,14,16H,8-12H2,1H3,(H,18,20)/b7-4+. The van der Waals surface area contributed by atoms with Crippen molar-refractivity contribution in [3.63, 3.8) is 0 Å². The van der Waals surface area contributed by atoms with Crippen LogP contribution in [0.2, 0.25) is 0 Å². The average molecular weight is 286 g/mol. The third-order valence-electron chi connectivity index (χ3n) is 4.53. The Morgan fingerprint density at radius 3 is 2.57 bits per heavy atom. The minimum absolute atomic E-state index is 0.00423. The van der Waals surface area contributed by atoms with Gasteiger partial charge in [-0.3, -0.25) is 4.79 Å². The second kappa shape index (κ2) is 6.31. The van der Waals surface area contributed by atoms with Crippen LogP contribution >= 0.6 is 0 Å². The number of hydrogen-bond acceptors (Lipinski definition) is 3. The van der Waals surface area contributed by atoms with Crippen LogP contribution in [0.3, 0.4) is 0 Å². The van der Waals surface area contributed by atoms with Crippen molar-refractivity contribution in [2.75, 3.05) is 26.7 Å². The van der Waals surface area contributed by atoms with Gasteiger partial charge >= 0.3 is 0 Å². The van der Waals surface area contributed by atoms with Gasteiger partial charge in [0.2, 0.25) is 5.91 Å². The normalized spacial score (nSPS) is 27.8. The summed E-state index contributed by atoms with van der Waals surface area (Å²) in [4.78, 5) is 14.5. The van der Waals surface area contributed by atoms with Crippen molar-refractivity contribution in [1.29, 1.82) is 0 Å². The molecule has 0 aliphatic carbocycles. The van der Waals surface area contributed by atoms with Crippen molar-refractivity contribution in [3.05, 3.63) is 35.9 Å². The molecule has 21 heavy (non-hydrogen) atoms. The fourth-order valence-electron chi connectivity index (χ4n) is 3.25. The first kappa shape index (κ1) is 14.1. The zero-order valence-electron chi connectivity index (χ0n) is 12.4. The molecule has 1 amide bonds. The lowest BCUT2D eigenvalue weighted by atomic mass is 9.84. The van der Waals surface area contributed by atoms with E-state index in [4.69, 9.17) is 4.74 Å². The largest absolute Gasteiger partial charge is 0.497 e. The summed E-state index contributed by atoms with van der Waals surface area (Å²) in [5.41, 5.74) is 1.000. The lowest BCUT2D eigenvalue weighted by Crippen LogP contribution is -2.57. The van der Waals surface area contributed by atoms with Crippen LogP contribution in [0.15, 0.2) is 30.3 Å². The maximum atomic E-state index is 12.0. The van der Waals surface area contributed by atoms with Gasteiger partial charge in [0.15, 0.2) is 0 Å². The summed E-state index contributed by atoms with van der Waals surface area (Å²) >= 11 is 0. The summed E-state index contributed by atoms with van der Waals surface area (Å²) in [6, 6.07) is 7.99. The Bertz CT molecular complexity index is 516. The number of nitrogens with zero attached hydrogens (tertiary/aromatic N) is 1. The summed E-state index contributed by atoms with van der Waals surface area (Å²) in [6.07, 6.45) is 5.90. The lowest BCUT2D eigenvalue weighted by Gasteiger charge is -2.44. The van der Waals surface area contributed by atoms with Crippen LogP contribution in [0.5, 0.6) is 5.75 Å². The number of carbonyl (C=O) groups is 1. The van der Waals surface area contributed by atoms with Crippen molar-refractivity contribution in [2.24, 2.45) is 5.92 Å². The van der Waals surface area contributed by atoms with E-state index in [2.05, 4.69) is 10.2 Å². The molecule has 0 spiro atoms. The van der Waals surface area contributed by atoms with Crippen molar-refractivity contribution in [3.8, 4) is 5.75 Å². The van der Waals surface area contributed by atoms with Gasteiger partial charge in [0.05, 0.1) is 7.11 Å². The van der Waals surface area contributed by atoms with E-state index in [9.17, 15) is 4.79 Å². The van der Waals surface area contributed by atoms with Crippen molar-refractivity contribution >= 4 is 12.0 Å².